The van der Waals surface area contributed by atoms with Crippen LogP contribution < -0.4 is 10.1 Å². The average Bonchev–Trinajstić information content (AvgIpc) is 3.07. The van der Waals surface area contributed by atoms with Crippen molar-refractivity contribution in [3.8, 4) is 5.75 Å². The number of carbonyl (C=O) groups is 1. The summed E-state index contributed by atoms with van der Waals surface area (Å²) in [6, 6.07) is 11.8. The third-order valence-corrected chi connectivity index (χ3v) is 4.75. The summed E-state index contributed by atoms with van der Waals surface area (Å²) in [4.78, 5) is 12.1. The fraction of sp³-hybridized carbons (Fsp3) is 0.450. The topological polar surface area (TPSA) is 51.5 Å². The predicted octanol–water partition coefficient (Wildman–Crippen LogP) is 4.39. The molecule has 1 amide bonds. The molecular weight excluding hydrogens is 334 g/mol. The highest BCUT2D eigenvalue weighted by molar-refractivity contribution is 7.98. The summed E-state index contributed by atoms with van der Waals surface area (Å²) in [7, 11) is 0. The van der Waals surface area contributed by atoms with Gasteiger partial charge >= 0.3 is 0 Å². The van der Waals surface area contributed by atoms with Crippen LogP contribution in [0.4, 0.5) is 0 Å². The van der Waals surface area contributed by atoms with E-state index in [1.54, 1.807) is 24.9 Å². The number of thioether (sulfide) groups is 1. The quantitative estimate of drug-likeness (QED) is 0.708. The molecule has 0 saturated heterocycles. The first-order valence-corrected chi connectivity index (χ1v) is 9.67. The number of benzene rings is 1. The molecule has 2 rings (SSSR count). The van der Waals surface area contributed by atoms with E-state index in [0.29, 0.717) is 12.3 Å². The minimum absolute atomic E-state index is 0.0986. The Balaban J connectivity index is 1.69. The molecule has 25 heavy (non-hydrogen) atoms. The highest BCUT2D eigenvalue weighted by Crippen LogP contribution is 2.24. The van der Waals surface area contributed by atoms with Gasteiger partial charge < -0.3 is 14.5 Å². The molecular formula is C20H27NO3S. The molecule has 4 nitrogen and oxygen atoms in total. The fourth-order valence-corrected chi connectivity index (χ4v) is 3.00. The molecule has 0 unspecified atom stereocenters. The van der Waals surface area contributed by atoms with E-state index >= 15 is 0 Å². The van der Waals surface area contributed by atoms with Gasteiger partial charge in [-0.05, 0) is 42.2 Å². The van der Waals surface area contributed by atoms with Crippen molar-refractivity contribution in [2.45, 2.75) is 45.0 Å². The van der Waals surface area contributed by atoms with Gasteiger partial charge in [0.25, 0.3) is 5.91 Å². The van der Waals surface area contributed by atoms with Crippen LogP contribution >= 0.6 is 11.8 Å². The molecule has 0 aliphatic heterocycles. The van der Waals surface area contributed by atoms with Crippen LogP contribution in [-0.4, -0.2) is 24.3 Å². The zero-order valence-corrected chi connectivity index (χ0v) is 16.2. The van der Waals surface area contributed by atoms with Gasteiger partial charge in [-0.2, -0.15) is 11.8 Å². The van der Waals surface area contributed by atoms with Gasteiger partial charge in [-0.15, -0.1) is 0 Å². The molecule has 0 bridgehead atoms. The summed E-state index contributed by atoms with van der Waals surface area (Å²) in [6.45, 7) is 8.89. The first kappa shape index (κ1) is 19.4. The molecule has 0 aliphatic rings. The summed E-state index contributed by atoms with van der Waals surface area (Å²) in [5.41, 5.74) is 1.35. The first-order valence-electron chi connectivity index (χ1n) is 8.51. The third-order valence-electron chi connectivity index (χ3n) is 3.77. The average molecular weight is 362 g/mol. The number of carbonyl (C=O) groups excluding carboxylic acids is 1. The molecule has 1 heterocycles. The Bertz CT molecular complexity index is 645. The molecule has 0 saturated carbocycles. The summed E-state index contributed by atoms with van der Waals surface area (Å²) in [6.07, 6.45) is 1.15. The Kier molecular flexibility index (Phi) is 7.00. The van der Waals surface area contributed by atoms with Crippen molar-refractivity contribution in [1.82, 2.24) is 5.32 Å². The third kappa shape index (κ3) is 6.50. The minimum Gasteiger partial charge on any atom is -0.481 e. The lowest BCUT2D eigenvalue weighted by molar-refractivity contribution is -0.127. The molecule has 0 radical (unpaired) electrons. The Morgan fingerprint density at radius 3 is 2.56 bits per heavy atom. The number of furan rings is 1. The van der Waals surface area contributed by atoms with Crippen LogP contribution in [0.25, 0.3) is 0 Å². The molecule has 1 aromatic heterocycles. The van der Waals surface area contributed by atoms with Crippen molar-refractivity contribution in [2.24, 2.45) is 0 Å². The second-order valence-electron chi connectivity index (χ2n) is 6.96. The summed E-state index contributed by atoms with van der Waals surface area (Å²) < 4.78 is 11.0. The van der Waals surface area contributed by atoms with Crippen LogP contribution in [0, 0.1) is 0 Å². The maximum absolute atomic E-state index is 12.1. The van der Waals surface area contributed by atoms with Crippen molar-refractivity contribution in [1.29, 1.82) is 0 Å². The lowest BCUT2D eigenvalue weighted by Gasteiger charge is -2.20. The maximum atomic E-state index is 12.1. The standard InChI is InChI=1S/C20H27NO3S/c1-15(24-17-9-7-16(8-10-17)20(2,3)4)19(22)21-11-13-25-14-18-6-5-12-23-18/h5-10,12,15H,11,13-14H2,1-4H3,(H,21,22)/t15-/m1/s1. The first-order chi connectivity index (χ1) is 11.9. The van der Waals surface area contributed by atoms with E-state index in [1.807, 2.05) is 36.4 Å². The van der Waals surface area contributed by atoms with Crippen molar-refractivity contribution in [3.63, 3.8) is 0 Å². The van der Waals surface area contributed by atoms with Crippen LogP contribution in [0.3, 0.4) is 0 Å². The number of amides is 1. The molecule has 0 spiro atoms. The van der Waals surface area contributed by atoms with Gasteiger partial charge in [-0.3, -0.25) is 4.79 Å². The molecule has 5 heteroatoms. The number of hydrogen-bond donors (Lipinski definition) is 1. The predicted molar refractivity (Wildman–Crippen MR) is 103 cm³/mol. The Hall–Kier alpha value is -1.88. The van der Waals surface area contributed by atoms with Crippen LogP contribution in [0.15, 0.2) is 47.1 Å². The van der Waals surface area contributed by atoms with Crippen molar-refractivity contribution < 1.29 is 13.9 Å². The van der Waals surface area contributed by atoms with Crippen LogP contribution in [-0.2, 0) is 16.0 Å². The molecule has 2 aromatic rings. The Morgan fingerprint density at radius 2 is 1.96 bits per heavy atom. The van der Waals surface area contributed by atoms with E-state index in [4.69, 9.17) is 9.15 Å². The van der Waals surface area contributed by atoms with Crippen LogP contribution in [0.5, 0.6) is 5.75 Å². The lowest BCUT2D eigenvalue weighted by atomic mass is 9.87. The van der Waals surface area contributed by atoms with Crippen molar-refractivity contribution >= 4 is 17.7 Å². The number of ether oxygens (including phenoxy) is 1. The van der Waals surface area contributed by atoms with E-state index in [-0.39, 0.29) is 11.3 Å². The van der Waals surface area contributed by atoms with E-state index in [1.165, 1.54) is 5.56 Å². The van der Waals surface area contributed by atoms with E-state index < -0.39 is 6.10 Å². The van der Waals surface area contributed by atoms with E-state index in [0.717, 1.165) is 17.3 Å². The zero-order valence-electron chi connectivity index (χ0n) is 15.4. The van der Waals surface area contributed by atoms with Crippen molar-refractivity contribution in [2.75, 3.05) is 12.3 Å². The highest BCUT2D eigenvalue weighted by atomic mass is 32.2. The van der Waals surface area contributed by atoms with Gasteiger partial charge in [0, 0.05) is 12.3 Å². The molecule has 136 valence electrons. The molecule has 1 atom stereocenters. The molecule has 0 fully saturated rings. The lowest BCUT2D eigenvalue weighted by Crippen LogP contribution is -2.37. The van der Waals surface area contributed by atoms with Gasteiger partial charge in [0.1, 0.15) is 11.5 Å². The monoisotopic (exact) mass is 361 g/mol. The minimum atomic E-state index is -0.518. The molecule has 0 aliphatic carbocycles. The fourth-order valence-electron chi connectivity index (χ4n) is 2.25. The second-order valence-corrected chi connectivity index (χ2v) is 8.06. The number of hydrogen-bond acceptors (Lipinski definition) is 4. The zero-order chi connectivity index (χ0) is 18.3. The van der Waals surface area contributed by atoms with Crippen LogP contribution in [0.1, 0.15) is 39.0 Å². The molecule has 1 N–H and O–H groups in total. The SMILES string of the molecule is C[C@@H](Oc1ccc(C(C)(C)C)cc1)C(=O)NCCSCc1ccco1. The largest absolute Gasteiger partial charge is 0.481 e. The summed E-state index contributed by atoms with van der Waals surface area (Å²) in [5.74, 6) is 3.21. The highest BCUT2D eigenvalue weighted by Gasteiger charge is 2.16. The normalized spacial score (nSPS) is 12.6. The maximum Gasteiger partial charge on any atom is 0.260 e. The van der Waals surface area contributed by atoms with Gasteiger partial charge in [0.15, 0.2) is 6.10 Å². The van der Waals surface area contributed by atoms with Gasteiger partial charge in [-0.25, -0.2) is 0 Å². The van der Waals surface area contributed by atoms with Gasteiger partial charge in [0.05, 0.1) is 12.0 Å². The number of nitrogens with one attached hydrogen (secondary N) is 1. The summed E-state index contributed by atoms with van der Waals surface area (Å²) >= 11 is 1.72. The van der Waals surface area contributed by atoms with Gasteiger partial charge in [-0.1, -0.05) is 32.9 Å². The van der Waals surface area contributed by atoms with Gasteiger partial charge in [0.2, 0.25) is 0 Å². The molecule has 1 aromatic carbocycles. The van der Waals surface area contributed by atoms with E-state index in [2.05, 4.69) is 26.1 Å². The van der Waals surface area contributed by atoms with E-state index in [9.17, 15) is 4.79 Å². The van der Waals surface area contributed by atoms with Crippen molar-refractivity contribution in [3.05, 3.63) is 54.0 Å². The smallest absolute Gasteiger partial charge is 0.260 e. The second kappa shape index (κ2) is 8.99. The Labute approximate surface area is 154 Å². The summed E-state index contributed by atoms with van der Waals surface area (Å²) in [5, 5.41) is 2.90. The number of rotatable bonds is 8. The Morgan fingerprint density at radius 1 is 1.24 bits per heavy atom. The van der Waals surface area contributed by atoms with Crippen LogP contribution in [0.2, 0.25) is 0 Å².